The van der Waals surface area contributed by atoms with E-state index in [4.69, 9.17) is 0 Å². The van der Waals surface area contributed by atoms with E-state index in [-0.39, 0.29) is 30.1 Å². The molecule has 0 fully saturated rings. The predicted octanol–water partition coefficient (Wildman–Crippen LogP) is 1.71. The Hall–Kier alpha value is -4.01. The van der Waals surface area contributed by atoms with Crippen LogP contribution < -0.4 is 21.7 Å². The van der Waals surface area contributed by atoms with Crippen molar-refractivity contribution in [2.24, 2.45) is 0 Å². The Morgan fingerprint density at radius 3 is 2.30 bits per heavy atom. The van der Waals surface area contributed by atoms with Crippen LogP contribution in [0, 0.1) is 0 Å². The van der Waals surface area contributed by atoms with Crippen LogP contribution in [-0.2, 0) is 22.6 Å². The smallest absolute Gasteiger partial charge is 0.290 e. The van der Waals surface area contributed by atoms with Crippen molar-refractivity contribution < 1.29 is 14.4 Å². The topological polar surface area (TPSA) is 122 Å². The number of unbranched alkanes of at least 4 members (excludes halogenated alkanes) is 2. The van der Waals surface area contributed by atoms with Gasteiger partial charge in [-0.1, -0.05) is 68.3 Å². The van der Waals surface area contributed by atoms with E-state index in [0.29, 0.717) is 17.3 Å². The molecule has 0 radical (unpaired) electrons. The van der Waals surface area contributed by atoms with Crippen LogP contribution in [0.4, 0.5) is 0 Å². The lowest BCUT2D eigenvalue weighted by Gasteiger charge is -2.12. The molecule has 3 aromatic rings. The molecule has 2 aromatic carbocycles. The first-order valence-electron chi connectivity index (χ1n) is 10.9. The summed E-state index contributed by atoms with van der Waals surface area (Å²) in [5, 5.41) is 7.53. The molecule has 0 bridgehead atoms. The maximum atomic E-state index is 12.7. The number of nitrogens with zero attached hydrogens (tertiary/aromatic N) is 2. The van der Waals surface area contributed by atoms with E-state index in [9.17, 15) is 19.2 Å². The Balaban J connectivity index is 1.61. The normalized spacial score (nSPS) is 10.6. The zero-order chi connectivity index (χ0) is 23.6. The number of amides is 3. The first-order chi connectivity index (χ1) is 16.0. The van der Waals surface area contributed by atoms with Crippen molar-refractivity contribution >= 4 is 28.5 Å². The summed E-state index contributed by atoms with van der Waals surface area (Å²) in [6, 6.07) is 15.9. The number of aromatic nitrogens is 2. The molecule has 172 valence electrons. The maximum absolute atomic E-state index is 12.7. The summed E-state index contributed by atoms with van der Waals surface area (Å²) >= 11 is 0. The third-order valence-electron chi connectivity index (χ3n) is 5.03. The van der Waals surface area contributed by atoms with Crippen molar-refractivity contribution in [3.63, 3.8) is 0 Å². The molecule has 3 rings (SSSR count). The molecular formula is C24H27N5O4. The van der Waals surface area contributed by atoms with E-state index in [1.165, 1.54) is 4.68 Å². The summed E-state index contributed by atoms with van der Waals surface area (Å²) in [5.74, 6) is -1.56. The molecule has 0 aliphatic carbocycles. The van der Waals surface area contributed by atoms with Crippen LogP contribution in [0.1, 0.15) is 42.2 Å². The van der Waals surface area contributed by atoms with Gasteiger partial charge in [-0.05, 0) is 18.1 Å². The van der Waals surface area contributed by atoms with E-state index in [1.54, 1.807) is 24.3 Å². The highest BCUT2D eigenvalue weighted by molar-refractivity contribution is 6.05. The fourth-order valence-electron chi connectivity index (χ4n) is 3.32. The van der Waals surface area contributed by atoms with Crippen LogP contribution >= 0.6 is 0 Å². The largest absolute Gasteiger partial charge is 0.347 e. The van der Waals surface area contributed by atoms with Gasteiger partial charge < -0.3 is 5.32 Å². The predicted molar refractivity (Wildman–Crippen MR) is 124 cm³/mol. The van der Waals surface area contributed by atoms with Gasteiger partial charge in [-0.3, -0.25) is 30.0 Å². The van der Waals surface area contributed by atoms with Gasteiger partial charge in [0.25, 0.3) is 17.4 Å². The molecule has 0 spiro atoms. The lowest BCUT2D eigenvalue weighted by Crippen LogP contribution is -2.47. The average Bonchev–Trinajstić information content (AvgIpc) is 2.83. The number of rotatable bonds is 9. The van der Waals surface area contributed by atoms with Crippen molar-refractivity contribution in [3.05, 3.63) is 76.2 Å². The van der Waals surface area contributed by atoms with Crippen molar-refractivity contribution in [2.75, 3.05) is 6.54 Å². The van der Waals surface area contributed by atoms with Gasteiger partial charge in [-0.2, -0.15) is 5.10 Å². The molecule has 0 unspecified atom stereocenters. The fraction of sp³-hybridized carbons (Fsp3) is 0.292. The first-order valence-corrected chi connectivity index (χ1v) is 10.9. The molecule has 33 heavy (non-hydrogen) atoms. The number of hydrazine groups is 1. The van der Waals surface area contributed by atoms with Crippen LogP contribution in [0.5, 0.6) is 0 Å². The van der Waals surface area contributed by atoms with Gasteiger partial charge in [0.15, 0.2) is 5.69 Å². The minimum Gasteiger partial charge on any atom is -0.347 e. The number of carbonyl (C=O) groups is 3. The van der Waals surface area contributed by atoms with Crippen molar-refractivity contribution in [1.82, 2.24) is 25.9 Å². The lowest BCUT2D eigenvalue weighted by atomic mass is 10.1. The molecule has 0 atom stereocenters. The molecule has 1 aromatic heterocycles. The second kappa shape index (κ2) is 11.6. The van der Waals surface area contributed by atoms with Gasteiger partial charge in [0.05, 0.1) is 18.4 Å². The lowest BCUT2D eigenvalue weighted by molar-refractivity contribution is -0.126. The molecule has 3 N–H and O–H groups in total. The minimum atomic E-state index is -0.653. The van der Waals surface area contributed by atoms with E-state index in [1.807, 2.05) is 30.3 Å². The van der Waals surface area contributed by atoms with E-state index in [2.05, 4.69) is 28.2 Å². The summed E-state index contributed by atoms with van der Waals surface area (Å²) in [7, 11) is 0. The Kier molecular flexibility index (Phi) is 8.29. The Labute approximate surface area is 191 Å². The third kappa shape index (κ3) is 6.49. The molecule has 9 heteroatoms. The van der Waals surface area contributed by atoms with Gasteiger partial charge in [0.2, 0.25) is 5.91 Å². The summed E-state index contributed by atoms with van der Waals surface area (Å²) in [5.41, 5.74) is 5.19. The minimum absolute atomic E-state index is 0.0371. The van der Waals surface area contributed by atoms with Crippen molar-refractivity contribution in [3.8, 4) is 0 Å². The van der Waals surface area contributed by atoms with Crippen molar-refractivity contribution in [2.45, 2.75) is 39.2 Å². The zero-order valence-corrected chi connectivity index (χ0v) is 18.5. The highest BCUT2D eigenvalue weighted by atomic mass is 16.2. The van der Waals surface area contributed by atoms with Crippen LogP contribution in [0.3, 0.4) is 0 Å². The SMILES string of the molecule is CCCCCn1nc(C(=O)NNC(=O)CNC(=O)Cc2ccccc2)c2ccccc2c1=O. The fourth-order valence-corrected chi connectivity index (χ4v) is 3.32. The molecule has 0 aliphatic rings. The van der Waals surface area contributed by atoms with Crippen LogP contribution in [0.25, 0.3) is 10.8 Å². The standard InChI is InChI=1S/C24H27N5O4/c1-2-3-9-14-29-24(33)19-13-8-7-12-18(19)22(28-29)23(32)27-26-21(31)16-25-20(30)15-17-10-5-4-6-11-17/h4-8,10-13H,2-3,9,14-16H2,1H3,(H,25,30)(H,26,31)(H,27,32). The van der Waals surface area contributed by atoms with Gasteiger partial charge in [0, 0.05) is 11.9 Å². The van der Waals surface area contributed by atoms with Gasteiger partial charge in [0.1, 0.15) is 0 Å². The summed E-state index contributed by atoms with van der Waals surface area (Å²) in [6.07, 6.45) is 2.84. The molecular weight excluding hydrogens is 422 g/mol. The average molecular weight is 450 g/mol. The second-order valence-electron chi connectivity index (χ2n) is 7.57. The number of hydrogen-bond donors (Lipinski definition) is 3. The number of aryl methyl sites for hydroxylation is 1. The van der Waals surface area contributed by atoms with Gasteiger partial charge in [-0.15, -0.1) is 0 Å². The summed E-state index contributed by atoms with van der Waals surface area (Å²) in [6.45, 7) is 2.16. The molecule has 0 saturated carbocycles. The number of fused-ring (bicyclic) bond motifs is 1. The highest BCUT2D eigenvalue weighted by Gasteiger charge is 2.17. The van der Waals surface area contributed by atoms with Crippen molar-refractivity contribution in [1.29, 1.82) is 0 Å². The van der Waals surface area contributed by atoms with Gasteiger partial charge >= 0.3 is 0 Å². The Morgan fingerprint density at radius 1 is 0.879 bits per heavy atom. The van der Waals surface area contributed by atoms with E-state index in [0.717, 1.165) is 24.8 Å². The maximum Gasteiger partial charge on any atom is 0.290 e. The van der Waals surface area contributed by atoms with Crippen LogP contribution in [0.15, 0.2) is 59.4 Å². The Morgan fingerprint density at radius 2 is 1.58 bits per heavy atom. The van der Waals surface area contributed by atoms with Crippen LogP contribution in [-0.4, -0.2) is 34.0 Å². The van der Waals surface area contributed by atoms with E-state index < -0.39 is 11.8 Å². The summed E-state index contributed by atoms with van der Waals surface area (Å²) < 4.78 is 1.29. The second-order valence-corrected chi connectivity index (χ2v) is 7.57. The number of benzene rings is 2. The molecule has 0 saturated heterocycles. The number of nitrogens with one attached hydrogen (secondary N) is 3. The molecule has 0 aliphatic heterocycles. The molecule has 1 heterocycles. The van der Waals surface area contributed by atoms with Gasteiger partial charge in [-0.25, -0.2) is 4.68 Å². The quantitative estimate of drug-likeness (QED) is 0.339. The van der Waals surface area contributed by atoms with Crippen LogP contribution in [0.2, 0.25) is 0 Å². The number of carbonyl (C=O) groups excluding carboxylic acids is 3. The third-order valence-corrected chi connectivity index (χ3v) is 5.03. The Bertz CT molecular complexity index is 1190. The summed E-state index contributed by atoms with van der Waals surface area (Å²) in [4.78, 5) is 49.5. The zero-order valence-electron chi connectivity index (χ0n) is 18.5. The number of hydrogen-bond acceptors (Lipinski definition) is 5. The monoisotopic (exact) mass is 449 g/mol. The molecule has 3 amide bonds. The molecule has 9 nitrogen and oxygen atoms in total. The first kappa shape index (κ1) is 23.6. The highest BCUT2D eigenvalue weighted by Crippen LogP contribution is 2.13. The van der Waals surface area contributed by atoms with E-state index >= 15 is 0 Å².